The normalized spacial score (nSPS) is 28.0. The monoisotopic (exact) mass is 374 g/mol. The molecule has 2 atom stereocenters. The molecule has 8 heteroatoms. The second-order valence-corrected chi connectivity index (χ2v) is 8.04. The van der Waals surface area contributed by atoms with Gasteiger partial charge in [0.25, 0.3) is 0 Å². The number of hydrogen-bond acceptors (Lipinski definition) is 6. The Morgan fingerprint density at radius 3 is 2.70 bits per heavy atom. The number of nitrogens with zero attached hydrogens (tertiary/aromatic N) is 4. The number of amides is 1. The third kappa shape index (κ3) is 3.16. The van der Waals surface area contributed by atoms with Crippen molar-refractivity contribution >= 4 is 17.7 Å². The van der Waals surface area contributed by atoms with E-state index in [1.165, 1.54) is 6.33 Å². The highest BCUT2D eigenvalue weighted by molar-refractivity contribution is 5.83. The van der Waals surface area contributed by atoms with Crippen molar-refractivity contribution in [2.24, 2.45) is 17.3 Å². The van der Waals surface area contributed by atoms with E-state index >= 15 is 0 Å². The van der Waals surface area contributed by atoms with Gasteiger partial charge in [-0.3, -0.25) is 9.59 Å². The van der Waals surface area contributed by atoms with Gasteiger partial charge in [-0.25, -0.2) is 9.97 Å². The number of anilines is 1. The van der Waals surface area contributed by atoms with Crippen molar-refractivity contribution in [1.29, 1.82) is 0 Å². The molecule has 1 aromatic heterocycles. The van der Waals surface area contributed by atoms with Crippen LogP contribution in [0.15, 0.2) is 12.4 Å². The fourth-order valence-corrected chi connectivity index (χ4v) is 4.93. The van der Waals surface area contributed by atoms with Crippen LogP contribution < -0.4 is 4.90 Å². The van der Waals surface area contributed by atoms with E-state index in [1.54, 1.807) is 7.11 Å². The highest BCUT2D eigenvalue weighted by atomic mass is 16.5. The molecular weight excluding hydrogens is 348 g/mol. The molecule has 3 heterocycles. The standard InChI is InChI=1S/C19H26N4O4/c1-27-9-15-6-16(21-12-20-15)22-7-14-8-23(11-19(14,10-22)18(25)26)17(24)13-4-2-3-5-13/h6,12-14H,2-5,7-11H2,1H3,(H,25,26)/t14-,19-/m1/s1. The molecular formula is C19H26N4O4. The van der Waals surface area contributed by atoms with Crippen molar-refractivity contribution in [3.8, 4) is 0 Å². The summed E-state index contributed by atoms with van der Waals surface area (Å²) in [4.78, 5) is 37.3. The quantitative estimate of drug-likeness (QED) is 0.826. The number of ether oxygens (including phenoxy) is 1. The molecule has 0 aromatic carbocycles. The zero-order chi connectivity index (χ0) is 19.0. The van der Waals surface area contributed by atoms with E-state index in [-0.39, 0.29) is 17.7 Å². The summed E-state index contributed by atoms with van der Waals surface area (Å²) in [5.41, 5.74) is -0.150. The first-order valence-electron chi connectivity index (χ1n) is 9.60. The van der Waals surface area contributed by atoms with E-state index in [9.17, 15) is 14.7 Å². The summed E-state index contributed by atoms with van der Waals surface area (Å²) >= 11 is 0. The van der Waals surface area contributed by atoms with Gasteiger partial charge >= 0.3 is 5.97 Å². The molecule has 0 bridgehead atoms. The maximum atomic E-state index is 12.8. The van der Waals surface area contributed by atoms with E-state index in [1.807, 2.05) is 15.9 Å². The second-order valence-electron chi connectivity index (χ2n) is 8.04. The van der Waals surface area contributed by atoms with Crippen LogP contribution in [0.25, 0.3) is 0 Å². The molecule has 3 fully saturated rings. The van der Waals surface area contributed by atoms with Crippen molar-refractivity contribution in [1.82, 2.24) is 14.9 Å². The number of carboxylic acid groups (broad SMARTS) is 1. The van der Waals surface area contributed by atoms with E-state index in [2.05, 4.69) is 9.97 Å². The SMILES string of the molecule is COCc1cc(N2C[C@@H]3CN(C(=O)C4CCCC4)C[C@]3(C(=O)O)C2)ncn1. The van der Waals surface area contributed by atoms with Crippen LogP contribution in [0.1, 0.15) is 31.4 Å². The fraction of sp³-hybridized carbons (Fsp3) is 0.684. The highest BCUT2D eigenvalue weighted by Crippen LogP contribution is 2.45. The van der Waals surface area contributed by atoms with E-state index < -0.39 is 11.4 Å². The second kappa shape index (κ2) is 7.07. The number of carbonyl (C=O) groups is 2. The smallest absolute Gasteiger partial charge is 0.313 e. The molecule has 1 aliphatic carbocycles. The lowest BCUT2D eigenvalue weighted by Gasteiger charge is -2.27. The minimum absolute atomic E-state index is 0.0822. The maximum Gasteiger partial charge on any atom is 0.313 e. The number of fused-ring (bicyclic) bond motifs is 1. The highest BCUT2D eigenvalue weighted by Gasteiger charge is 2.59. The van der Waals surface area contributed by atoms with Crippen molar-refractivity contribution in [3.05, 3.63) is 18.1 Å². The van der Waals surface area contributed by atoms with Gasteiger partial charge < -0.3 is 19.6 Å². The summed E-state index contributed by atoms with van der Waals surface area (Å²) in [6.45, 7) is 2.17. The molecule has 146 valence electrons. The Morgan fingerprint density at radius 1 is 1.26 bits per heavy atom. The minimum atomic E-state index is -0.916. The van der Waals surface area contributed by atoms with Gasteiger partial charge in [-0.05, 0) is 12.8 Å². The van der Waals surface area contributed by atoms with Gasteiger partial charge in [-0.15, -0.1) is 0 Å². The van der Waals surface area contributed by atoms with Crippen LogP contribution in [0.4, 0.5) is 5.82 Å². The molecule has 1 N–H and O–H groups in total. The zero-order valence-corrected chi connectivity index (χ0v) is 15.6. The van der Waals surface area contributed by atoms with E-state index in [0.29, 0.717) is 32.8 Å². The summed E-state index contributed by atoms with van der Waals surface area (Å²) in [7, 11) is 1.61. The largest absolute Gasteiger partial charge is 0.481 e. The Morgan fingerprint density at radius 2 is 2.04 bits per heavy atom. The lowest BCUT2D eigenvalue weighted by atomic mass is 9.81. The molecule has 2 saturated heterocycles. The predicted octanol–water partition coefficient (Wildman–Crippen LogP) is 1.16. The molecule has 1 saturated carbocycles. The number of carbonyl (C=O) groups excluding carboxylic acids is 1. The van der Waals surface area contributed by atoms with Crippen molar-refractivity contribution < 1.29 is 19.4 Å². The Bertz CT molecular complexity index is 736. The van der Waals surface area contributed by atoms with Gasteiger partial charge in [0.1, 0.15) is 17.6 Å². The first-order valence-corrected chi connectivity index (χ1v) is 9.60. The molecule has 0 radical (unpaired) electrons. The molecule has 0 spiro atoms. The number of aromatic nitrogens is 2. The number of methoxy groups -OCH3 is 1. The van der Waals surface area contributed by atoms with Gasteiger partial charge in [0.05, 0.1) is 12.3 Å². The average molecular weight is 374 g/mol. The molecule has 4 rings (SSSR count). The van der Waals surface area contributed by atoms with Gasteiger partial charge in [-0.1, -0.05) is 12.8 Å². The maximum absolute atomic E-state index is 12.8. The predicted molar refractivity (Wildman–Crippen MR) is 97.1 cm³/mol. The lowest BCUT2D eigenvalue weighted by Crippen LogP contribution is -2.43. The van der Waals surface area contributed by atoms with Gasteiger partial charge in [0, 0.05) is 51.2 Å². The average Bonchev–Trinajstić information content (AvgIpc) is 3.36. The van der Waals surface area contributed by atoms with Crippen LogP contribution in [-0.2, 0) is 20.9 Å². The van der Waals surface area contributed by atoms with Crippen molar-refractivity contribution in [3.63, 3.8) is 0 Å². The Balaban J connectivity index is 1.51. The zero-order valence-electron chi connectivity index (χ0n) is 15.6. The summed E-state index contributed by atoms with van der Waals surface area (Å²) in [6, 6.07) is 1.85. The first-order chi connectivity index (χ1) is 13.0. The molecule has 1 aromatic rings. The molecule has 3 aliphatic rings. The Kier molecular flexibility index (Phi) is 4.75. The van der Waals surface area contributed by atoms with Crippen LogP contribution in [0.5, 0.6) is 0 Å². The van der Waals surface area contributed by atoms with E-state index in [0.717, 1.165) is 37.2 Å². The van der Waals surface area contributed by atoms with Crippen LogP contribution in [0, 0.1) is 17.3 Å². The number of hydrogen-bond donors (Lipinski definition) is 1. The molecule has 0 unspecified atom stereocenters. The topological polar surface area (TPSA) is 95.9 Å². The Labute approximate surface area is 158 Å². The number of likely N-dealkylation sites (tertiary alicyclic amines) is 1. The third-order valence-corrected chi connectivity index (χ3v) is 6.38. The first kappa shape index (κ1) is 18.2. The lowest BCUT2D eigenvalue weighted by molar-refractivity contribution is -0.148. The third-order valence-electron chi connectivity index (χ3n) is 6.38. The molecule has 1 amide bonds. The van der Waals surface area contributed by atoms with Crippen LogP contribution in [0.3, 0.4) is 0 Å². The number of carboxylic acids is 1. The van der Waals surface area contributed by atoms with Crippen LogP contribution >= 0.6 is 0 Å². The summed E-state index contributed by atoms with van der Waals surface area (Å²) in [6.07, 6.45) is 5.57. The van der Waals surface area contributed by atoms with E-state index in [4.69, 9.17) is 4.74 Å². The van der Waals surface area contributed by atoms with Gasteiger partial charge in [0.2, 0.25) is 5.91 Å². The van der Waals surface area contributed by atoms with Crippen molar-refractivity contribution in [2.75, 3.05) is 38.2 Å². The molecule has 2 aliphatic heterocycles. The van der Waals surface area contributed by atoms with Crippen LogP contribution in [0.2, 0.25) is 0 Å². The Hall–Kier alpha value is -2.22. The van der Waals surface area contributed by atoms with Gasteiger partial charge in [-0.2, -0.15) is 0 Å². The molecule has 27 heavy (non-hydrogen) atoms. The number of rotatable bonds is 5. The van der Waals surface area contributed by atoms with Crippen molar-refractivity contribution in [2.45, 2.75) is 32.3 Å². The summed E-state index contributed by atoms with van der Waals surface area (Å²) in [5, 5.41) is 10.0. The molecule has 8 nitrogen and oxygen atoms in total. The summed E-state index contributed by atoms with van der Waals surface area (Å²) in [5.74, 6) is 0.0626. The number of aliphatic carboxylic acids is 1. The minimum Gasteiger partial charge on any atom is -0.481 e. The summed E-state index contributed by atoms with van der Waals surface area (Å²) < 4.78 is 5.12. The van der Waals surface area contributed by atoms with Crippen LogP contribution in [-0.4, -0.2) is 65.1 Å². The van der Waals surface area contributed by atoms with Gasteiger partial charge in [0.15, 0.2) is 0 Å². The fourth-order valence-electron chi connectivity index (χ4n) is 4.93.